The van der Waals surface area contributed by atoms with E-state index < -0.39 is 10.0 Å². The van der Waals surface area contributed by atoms with Gasteiger partial charge in [0.25, 0.3) is 0 Å². The lowest BCUT2D eigenvalue weighted by molar-refractivity contribution is -0.116. The molecule has 0 amide bonds. The maximum absolute atomic E-state index is 13.6. The Bertz CT molecular complexity index is 1380. The van der Waals surface area contributed by atoms with Crippen LogP contribution >= 0.6 is 0 Å². The van der Waals surface area contributed by atoms with Crippen LogP contribution in [0.15, 0.2) is 96.4 Å². The van der Waals surface area contributed by atoms with Crippen molar-refractivity contribution >= 4 is 15.8 Å². The van der Waals surface area contributed by atoms with Gasteiger partial charge in [0.2, 0.25) is 10.0 Å². The third-order valence-corrected chi connectivity index (χ3v) is 7.30. The third kappa shape index (κ3) is 6.44. The molecule has 35 heavy (non-hydrogen) atoms. The van der Waals surface area contributed by atoms with Crippen molar-refractivity contribution in [1.29, 1.82) is 0 Å². The van der Waals surface area contributed by atoms with Crippen molar-refractivity contribution < 1.29 is 13.2 Å². The Morgan fingerprint density at radius 2 is 1.54 bits per heavy atom. The molecule has 2 aromatic heterocycles. The van der Waals surface area contributed by atoms with Gasteiger partial charge in [-0.1, -0.05) is 48.5 Å². The van der Waals surface area contributed by atoms with Crippen molar-refractivity contribution in [2.75, 3.05) is 0 Å². The zero-order valence-electron chi connectivity index (χ0n) is 19.4. The molecule has 0 fully saturated rings. The number of benzene rings is 2. The molecule has 4 aromatic rings. The zero-order chi connectivity index (χ0) is 24.7. The first-order chi connectivity index (χ1) is 16.9. The Morgan fingerprint density at radius 1 is 0.829 bits per heavy atom. The molecule has 2 heterocycles. The van der Waals surface area contributed by atoms with Crippen molar-refractivity contribution in [3.05, 3.63) is 108 Å². The average molecular weight is 487 g/mol. The van der Waals surface area contributed by atoms with Gasteiger partial charge in [-0.25, -0.2) is 18.4 Å². The van der Waals surface area contributed by atoms with Gasteiger partial charge < -0.3 is 4.79 Å². The summed E-state index contributed by atoms with van der Waals surface area (Å²) in [5.74, 6) is 0.738. The maximum atomic E-state index is 13.6. The molecule has 0 N–H and O–H groups in total. The van der Waals surface area contributed by atoms with Crippen LogP contribution in [-0.4, -0.2) is 33.5 Å². The first-order valence-electron chi connectivity index (χ1n) is 11.3. The highest BCUT2D eigenvalue weighted by atomic mass is 32.2. The maximum Gasteiger partial charge on any atom is 0.245 e. The summed E-state index contributed by atoms with van der Waals surface area (Å²) in [4.78, 5) is 24.0. The zero-order valence-corrected chi connectivity index (χ0v) is 20.2. The second kappa shape index (κ2) is 11.1. The quantitative estimate of drug-likeness (QED) is 0.329. The standard InChI is InChI=1S/C27H26N4O3S/c1-21(32)8-9-22-5-2-6-24(17-22)20-31(35(33,34)26-7-3-14-28-18-26)19-23-10-12-25(13-11-23)27-29-15-4-16-30-27/h2-7,10-18H,8-9,19-20H2,1H3. The van der Waals surface area contributed by atoms with Crippen LogP contribution in [0.3, 0.4) is 0 Å². The first kappa shape index (κ1) is 24.4. The highest BCUT2D eigenvalue weighted by molar-refractivity contribution is 7.89. The minimum absolute atomic E-state index is 0.125. The lowest BCUT2D eigenvalue weighted by atomic mass is 10.0. The highest BCUT2D eigenvalue weighted by Crippen LogP contribution is 2.23. The number of carbonyl (C=O) groups excluding carboxylic acids is 1. The molecule has 0 saturated heterocycles. The molecule has 0 atom stereocenters. The van der Waals surface area contributed by atoms with Crippen LogP contribution in [0.1, 0.15) is 30.0 Å². The molecule has 4 rings (SSSR count). The molecule has 0 bridgehead atoms. The molecule has 0 radical (unpaired) electrons. The van der Waals surface area contributed by atoms with Gasteiger partial charge >= 0.3 is 0 Å². The number of pyridine rings is 1. The Hall–Kier alpha value is -3.75. The summed E-state index contributed by atoms with van der Waals surface area (Å²) in [5, 5.41) is 0. The molecule has 0 aliphatic rings. The van der Waals surface area contributed by atoms with Crippen molar-refractivity contribution in [2.45, 2.75) is 37.8 Å². The Balaban J connectivity index is 1.61. The van der Waals surface area contributed by atoms with Gasteiger partial charge in [-0.2, -0.15) is 4.31 Å². The van der Waals surface area contributed by atoms with Gasteiger partial charge in [0.1, 0.15) is 10.7 Å². The van der Waals surface area contributed by atoms with E-state index in [0.717, 1.165) is 22.3 Å². The number of hydrogen-bond acceptors (Lipinski definition) is 6. The van der Waals surface area contributed by atoms with E-state index in [1.165, 1.54) is 10.5 Å². The third-order valence-electron chi connectivity index (χ3n) is 5.53. The van der Waals surface area contributed by atoms with Crippen LogP contribution < -0.4 is 0 Å². The largest absolute Gasteiger partial charge is 0.300 e. The van der Waals surface area contributed by atoms with E-state index in [4.69, 9.17) is 0 Å². The van der Waals surface area contributed by atoms with Crippen LogP contribution in [0.4, 0.5) is 0 Å². The minimum atomic E-state index is -3.81. The number of aryl methyl sites for hydroxylation is 1. The fourth-order valence-electron chi connectivity index (χ4n) is 3.69. The summed E-state index contributed by atoms with van der Waals surface area (Å²) in [5.41, 5.74) is 3.55. The number of aromatic nitrogens is 3. The van der Waals surface area contributed by atoms with Gasteiger partial charge in [0.05, 0.1) is 0 Å². The lowest BCUT2D eigenvalue weighted by Gasteiger charge is -2.23. The topological polar surface area (TPSA) is 93.1 Å². The van der Waals surface area contributed by atoms with E-state index in [-0.39, 0.29) is 23.8 Å². The molecule has 178 valence electrons. The van der Waals surface area contributed by atoms with Crippen molar-refractivity contribution in [3.8, 4) is 11.4 Å². The van der Waals surface area contributed by atoms with Crippen molar-refractivity contribution in [3.63, 3.8) is 0 Å². The van der Waals surface area contributed by atoms with Crippen LogP contribution in [0.2, 0.25) is 0 Å². The Kier molecular flexibility index (Phi) is 7.74. The normalized spacial score (nSPS) is 11.5. The van der Waals surface area contributed by atoms with E-state index >= 15 is 0 Å². The molecule has 0 aliphatic carbocycles. The number of Topliss-reactive ketones (excluding diaryl/α,β-unsaturated/α-hetero) is 1. The fraction of sp³-hybridized carbons (Fsp3) is 0.185. The van der Waals surface area contributed by atoms with E-state index in [1.54, 1.807) is 43.7 Å². The van der Waals surface area contributed by atoms with E-state index in [9.17, 15) is 13.2 Å². The van der Waals surface area contributed by atoms with E-state index in [0.29, 0.717) is 18.7 Å². The number of nitrogens with zero attached hydrogens (tertiary/aromatic N) is 4. The second-order valence-electron chi connectivity index (χ2n) is 8.25. The fourth-order valence-corrected chi connectivity index (χ4v) is 5.07. The number of carbonyl (C=O) groups is 1. The Morgan fingerprint density at radius 3 is 2.23 bits per heavy atom. The van der Waals surface area contributed by atoms with E-state index in [2.05, 4.69) is 15.0 Å². The molecule has 0 unspecified atom stereocenters. The first-order valence-corrected chi connectivity index (χ1v) is 12.7. The number of sulfonamides is 1. The van der Waals surface area contributed by atoms with Gasteiger partial charge in [0.15, 0.2) is 5.82 Å². The molecular formula is C27H26N4O3S. The summed E-state index contributed by atoms with van der Waals surface area (Å²) >= 11 is 0. The SMILES string of the molecule is CC(=O)CCc1cccc(CN(Cc2ccc(-c3ncccn3)cc2)S(=O)(=O)c2cccnc2)c1. The molecular weight excluding hydrogens is 460 g/mol. The van der Waals surface area contributed by atoms with Crippen molar-refractivity contribution in [1.82, 2.24) is 19.3 Å². The van der Waals surface area contributed by atoms with Crippen LogP contribution in [0, 0.1) is 0 Å². The predicted octanol–water partition coefficient (Wildman–Crippen LogP) is 4.45. The van der Waals surface area contributed by atoms with Crippen molar-refractivity contribution in [2.24, 2.45) is 0 Å². The summed E-state index contributed by atoms with van der Waals surface area (Å²) in [6.45, 7) is 1.95. The summed E-state index contributed by atoms with van der Waals surface area (Å²) < 4.78 is 28.5. The molecule has 0 aliphatic heterocycles. The number of rotatable bonds is 10. The van der Waals surface area contributed by atoms with E-state index in [1.807, 2.05) is 48.5 Å². The molecule has 8 heteroatoms. The molecule has 0 saturated carbocycles. The van der Waals surface area contributed by atoms with Crippen LogP contribution in [-0.2, 0) is 34.3 Å². The average Bonchev–Trinajstić information content (AvgIpc) is 2.89. The van der Waals surface area contributed by atoms with Gasteiger partial charge in [-0.05, 0) is 48.2 Å². The summed E-state index contributed by atoms with van der Waals surface area (Å²) in [6.07, 6.45) is 7.36. The summed E-state index contributed by atoms with van der Waals surface area (Å²) in [7, 11) is -3.81. The highest BCUT2D eigenvalue weighted by Gasteiger charge is 2.25. The van der Waals surface area contributed by atoms with Crippen LogP contribution in [0.25, 0.3) is 11.4 Å². The summed E-state index contributed by atoms with van der Waals surface area (Å²) in [6, 6.07) is 20.2. The number of hydrogen-bond donors (Lipinski definition) is 0. The predicted molar refractivity (Wildman–Crippen MR) is 134 cm³/mol. The molecule has 7 nitrogen and oxygen atoms in total. The monoisotopic (exact) mass is 486 g/mol. The van der Waals surface area contributed by atoms with Gasteiger partial charge in [0, 0.05) is 49.9 Å². The Labute approximate surface area is 205 Å². The van der Waals surface area contributed by atoms with Gasteiger partial charge in [-0.15, -0.1) is 0 Å². The number of ketones is 1. The van der Waals surface area contributed by atoms with Crippen LogP contribution in [0.5, 0.6) is 0 Å². The second-order valence-corrected chi connectivity index (χ2v) is 10.2. The smallest absolute Gasteiger partial charge is 0.245 e. The lowest BCUT2D eigenvalue weighted by Crippen LogP contribution is -2.30. The van der Waals surface area contributed by atoms with Gasteiger partial charge in [-0.3, -0.25) is 4.98 Å². The molecule has 0 spiro atoms. The minimum Gasteiger partial charge on any atom is -0.300 e. The molecule has 2 aromatic carbocycles.